The van der Waals surface area contributed by atoms with Crippen molar-refractivity contribution in [2.24, 2.45) is 0 Å². The fraction of sp³-hybridized carbons (Fsp3) is 0.529. The van der Waals surface area contributed by atoms with Crippen LogP contribution in [0.2, 0.25) is 0 Å². The minimum atomic E-state index is 0.747. The van der Waals surface area contributed by atoms with Crippen LogP contribution in [-0.4, -0.2) is 33.4 Å². The quantitative estimate of drug-likeness (QED) is 0.664. The summed E-state index contributed by atoms with van der Waals surface area (Å²) in [4.78, 5) is 0. The summed E-state index contributed by atoms with van der Waals surface area (Å²) in [5.41, 5.74) is 2.51. The average Bonchev–Trinajstić information content (AvgIpc) is 2.46. The van der Waals surface area contributed by atoms with Crippen LogP contribution in [0.5, 0.6) is 5.75 Å². The second-order valence-electron chi connectivity index (χ2n) is 4.93. The Labute approximate surface area is 123 Å². The maximum Gasteiger partial charge on any atom is 0.119 e. The van der Waals surface area contributed by atoms with Gasteiger partial charge in [0.25, 0.3) is 0 Å². The molecular formula is C17H27NO2. The molecule has 0 saturated carbocycles. The molecule has 112 valence electrons. The molecule has 0 bridgehead atoms. The van der Waals surface area contributed by atoms with Gasteiger partial charge in [-0.2, -0.15) is 0 Å². The third-order valence-electron chi connectivity index (χ3n) is 2.95. The lowest BCUT2D eigenvalue weighted by molar-refractivity contribution is 0.200. The van der Waals surface area contributed by atoms with Gasteiger partial charge in [-0.1, -0.05) is 37.1 Å². The number of unbranched alkanes of at least 4 members (excludes halogenated alkanes) is 1. The maximum absolute atomic E-state index is 5.65. The van der Waals surface area contributed by atoms with Gasteiger partial charge in [-0.25, -0.2) is 0 Å². The van der Waals surface area contributed by atoms with Crippen molar-refractivity contribution in [3.8, 4) is 5.75 Å². The van der Waals surface area contributed by atoms with Gasteiger partial charge in [-0.05, 0) is 31.0 Å². The Balaban J connectivity index is 2.38. The predicted octanol–water partition coefficient (Wildman–Crippen LogP) is 3.50. The highest BCUT2D eigenvalue weighted by molar-refractivity contribution is 5.53. The molecule has 0 heterocycles. The van der Waals surface area contributed by atoms with E-state index in [0.29, 0.717) is 0 Å². The SMILES string of the molecule is CCCCOc1ccc(C=C(C)CNCCOC)cc1. The Morgan fingerprint density at radius 1 is 1.20 bits per heavy atom. The van der Waals surface area contributed by atoms with Crippen LogP contribution in [-0.2, 0) is 4.74 Å². The van der Waals surface area contributed by atoms with Crippen molar-refractivity contribution in [3.05, 3.63) is 35.4 Å². The molecule has 0 fully saturated rings. The summed E-state index contributed by atoms with van der Waals surface area (Å²) in [6, 6.07) is 8.26. The van der Waals surface area contributed by atoms with Crippen molar-refractivity contribution in [3.63, 3.8) is 0 Å². The van der Waals surface area contributed by atoms with Gasteiger partial charge in [0, 0.05) is 20.2 Å². The van der Waals surface area contributed by atoms with Gasteiger partial charge in [0.05, 0.1) is 13.2 Å². The molecule has 0 spiro atoms. The fourth-order valence-electron chi connectivity index (χ4n) is 1.79. The zero-order valence-electron chi connectivity index (χ0n) is 12.9. The van der Waals surface area contributed by atoms with E-state index in [9.17, 15) is 0 Å². The van der Waals surface area contributed by atoms with E-state index in [-0.39, 0.29) is 0 Å². The van der Waals surface area contributed by atoms with E-state index >= 15 is 0 Å². The Bertz CT molecular complexity index is 384. The first-order chi connectivity index (χ1) is 9.76. The van der Waals surface area contributed by atoms with Crippen LogP contribution in [0.25, 0.3) is 6.08 Å². The van der Waals surface area contributed by atoms with Crippen LogP contribution in [0.1, 0.15) is 32.3 Å². The summed E-state index contributed by atoms with van der Waals surface area (Å²) >= 11 is 0. The molecule has 0 aliphatic rings. The molecule has 0 aliphatic heterocycles. The summed E-state index contributed by atoms with van der Waals surface area (Å²) in [5.74, 6) is 0.950. The van der Waals surface area contributed by atoms with E-state index in [1.807, 2.05) is 12.1 Å². The van der Waals surface area contributed by atoms with Crippen LogP contribution in [0.3, 0.4) is 0 Å². The molecule has 0 amide bonds. The van der Waals surface area contributed by atoms with E-state index in [0.717, 1.165) is 44.9 Å². The van der Waals surface area contributed by atoms with Crippen molar-refractivity contribution in [1.82, 2.24) is 5.32 Å². The van der Waals surface area contributed by atoms with Crippen LogP contribution in [0.15, 0.2) is 29.8 Å². The summed E-state index contributed by atoms with van der Waals surface area (Å²) < 4.78 is 10.7. The van der Waals surface area contributed by atoms with Crippen LogP contribution in [0, 0.1) is 0 Å². The molecule has 3 heteroatoms. The van der Waals surface area contributed by atoms with E-state index in [2.05, 4.69) is 37.4 Å². The Kier molecular flexibility index (Phi) is 8.76. The molecule has 1 rings (SSSR count). The van der Waals surface area contributed by atoms with Gasteiger partial charge in [0.1, 0.15) is 5.75 Å². The highest BCUT2D eigenvalue weighted by Gasteiger charge is 1.95. The smallest absolute Gasteiger partial charge is 0.119 e. The molecule has 0 radical (unpaired) electrons. The number of rotatable bonds is 10. The molecule has 0 unspecified atom stereocenters. The van der Waals surface area contributed by atoms with Crippen molar-refractivity contribution >= 4 is 6.08 Å². The second kappa shape index (κ2) is 10.5. The number of hydrogen-bond donors (Lipinski definition) is 1. The molecule has 0 aliphatic carbocycles. The number of ether oxygens (including phenoxy) is 2. The summed E-state index contributed by atoms with van der Waals surface area (Å²) in [6.45, 7) is 7.61. The van der Waals surface area contributed by atoms with Gasteiger partial charge in [-0.15, -0.1) is 0 Å². The second-order valence-corrected chi connectivity index (χ2v) is 4.93. The Morgan fingerprint density at radius 2 is 1.95 bits per heavy atom. The van der Waals surface area contributed by atoms with E-state index in [4.69, 9.17) is 9.47 Å². The zero-order chi connectivity index (χ0) is 14.6. The minimum absolute atomic E-state index is 0.747. The first-order valence-electron chi connectivity index (χ1n) is 7.36. The number of nitrogens with one attached hydrogen (secondary N) is 1. The van der Waals surface area contributed by atoms with Crippen molar-refractivity contribution in [2.45, 2.75) is 26.7 Å². The number of hydrogen-bond acceptors (Lipinski definition) is 3. The third kappa shape index (κ3) is 7.31. The van der Waals surface area contributed by atoms with E-state index < -0.39 is 0 Å². The van der Waals surface area contributed by atoms with Gasteiger partial charge < -0.3 is 14.8 Å². The van der Waals surface area contributed by atoms with Gasteiger partial charge >= 0.3 is 0 Å². The van der Waals surface area contributed by atoms with Crippen molar-refractivity contribution in [1.29, 1.82) is 0 Å². The van der Waals surface area contributed by atoms with Crippen molar-refractivity contribution in [2.75, 3.05) is 33.4 Å². The zero-order valence-corrected chi connectivity index (χ0v) is 12.9. The molecule has 1 aromatic carbocycles. The van der Waals surface area contributed by atoms with E-state index in [1.165, 1.54) is 11.1 Å². The summed E-state index contributed by atoms with van der Waals surface area (Å²) in [7, 11) is 1.72. The summed E-state index contributed by atoms with van der Waals surface area (Å²) in [5, 5.41) is 3.33. The van der Waals surface area contributed by atoms with Crippen molar-refractivity contribution < 1.29 is 9.47 Å². The highest BCUT2D eigenvalue weighted by atomic mass is 16.5. The molecule has 20 heavy (non-hydrogen) atoms. The molecule has 1 aromatic rings. The Hall–Kier alpha value is -1.32. The predicted molar refractivity (Wildman–Crippen MR) is 85.2 cm³/mol. The normalized spacial score (nSPS) is 11.7. The monoisotopic (exact) mass is 277 g/mol. The largest absolute Gasteiger partial charge is 0.494 e. The summed E-state index contributed by atoms with van der Waals surface area (Å²) in [6.07, 6.45) is 4.46. The molecule has 1 N–H and O–H groups in total. The van der Waals surface area contributed by atoms with Crippen LogP contribution >= 0.6 is 0 Å². The molecular weight excluding hydrogens is 250 g/mol. The molecule has 0 aromatic heterocycles. The van der Waals surface area contributed by atoms with Gasteiger partial charge in [0.2, 0.25) is 0 Å². The topological polar surface area (TPSA) is 30.5 Å². The highest BCUT2D eigenvalue weighted by Crippen LogP contribution is 2.14. The lowest BCUT2D eigenvalue weighted by Crippen LogP contribution is -2.20. The number of methoxy groups -OCH3 is 1. The fourth-order valence-corrected chi connectivity index (χ4v) is 1.79. The van der Waals surface area contributed by atoms with Crippen LogP contribution in [0.4, 0.5) is 0 Å². The van der Waals surface area contributed by atoms with E-state index in [1.54, 1.807) is 7.11 Å². The first kappa shape index (κ1) is 16.7. The molecule has 0 atom stereocenters. The lowest BCUT2D eigenvalue weighted by atomic mass is 10.1. The lowest BCUT2D eigenvalue weighted by Gasteiger charge is -2.06. The Morgan fingerprint density at radius 3 is 2.60 bits per heavy atom. The minimum Gasteiger partial charge on any atom is -0.494 e. The average molecular weight is 277 g/mol. The number of benzene rings is 1. The maximum atomic E-state index is 5.65. The van der Waals surface area contributed by atoms with Gasteiger partial charge in [0.15, 0.2) is 0 Å². The van der Waals surface area contributed by atoms with Crippen LogP contribution < -0.4 is 10.1 Å². The molecule has 0 saturated heterocycles. The standard InChI is InChI=1S/C17H27NO2/c1-4-5-11-20-17-8-6-16(7-9-17)13-15(2)14-18-10-12-19-3/h6-9,13,18H,4-5,10-12,14H2,1-3H3. The van der Waals surface area contributed by atoms with Gasteiger partial charge in [-0.3, -0.25) is 0 Å². The first-order valence-corrected chi connectivity index (χ1v) is 7.36. The molecule has 3 nitrogen and oxygen atoms in total. The third-order valence-corrected chi connectivity index (χ3v) is 2.95.